The highest BCUT2D eigenvalue weighted by atomic mass is 35.5. The zero-order valence-corrected chi connectivity index (χ0v) is 20.1. The van der Waals surface area contributed by atoms with E-state index in [0.717, 1.165) is 29.8 Å². The number of carbonyl (C=O) groups is 1. The molecule has 5 rings (SSSR count). The second-order valence-electron chi connectivity index (χ2n) is 9.42. The Bertz CT molecular complexity index is 1170. The Labute approximate surface area is 205 Å². The van der Waals surface area contributed by atoms with E-state index < -0.39 is 0 Å². The largest absolute Gasteiger partial charge is 0.472 e. The molecule has 3 aromatic rings. The second-order valence-corrected chi connectivity index (χ2v) is 9.82. The number of halogens is 1. The number of nitrogens with one attached hydrogen (secondary N) is 1. The van der Waals surface area contributed by atoms with Crippen molar-refractivity contribution in [1.82, 2.24) is 15.3 Å². The van der Waals surface area contributed by atoms with Gasteiger partial charge in [0.15, 0.2) is 0 Å². The van der Waals surface area contributed by atoms with E-state index in [2.05, 4.69) is 15.2 Å². The lowest BCUT2D eigenvalue weighted by Gasteiger charge is -2.32. The van der Waals surface area contributed by atoms with Crippen LogP contribution in [0.3, 0.4) is 0 Å². The summed E-state index contributed by atoms with van der Waals surface area (Å²) in [4.78, 5) is 24.5. The van der Waals surface area contributed by atoms with Gasteiger partial charge < -0.3 is 15.0 Å². The zero-order chi connectivity index (χ0) is 23.5. The molecule has 1 aliphatic carbocycles. The van der Waals surface area contributed by atoms with Crippen LogP contribution in [0.25, 0.3) is 0 Å². The molecule has 1 saturated heterocycles. The number of hydrogen-bond donors (Lipinski definition) is 1. The van der Waals surface area contributed by atoms with Gasteiger partial charge in [-0.1, -0.05) is 54.1 Å². The fourth-order valence-electron chi connectivity index (χ4n) is 4.38. The first-order valence-corrected chi connectivity index (χ1v) is 12.2. The van der Waals surface area contributed by atoms with Crippen molar-refractivity contribution in [3.63, 3.8) is 0 Å². The van der Waals surface area contributed by atoms with Gasteiger partial charge in [-0.05, 0) is 60.8 Å². The van der Waals surface area contributed by atoms with Crippen molar-refractivity contribution < 1.29 is 9.53 Å². The number of rotatable bonds is 7. The lowest BCUT2D eigenvalue weighted by Crippen LogP contribution is -2.35. The van der Waals surface area contributed by atoms with Gasteiger partial charge in [0.2, 0.25) is 11.8 Å². The standard InChI is InChI=1S/C27H29ClN4O2/c1-19-7-8-21(15-23(19)28)18-34-25-22(24(33)29-16-20-5-3-2-4-6-20)17-30-26(31-25)32-13-11-27(9-10-27)12-14-32/h2-8,15,17H,9-14,16,18H2,1H3,(H,29,33). The van der Waals surface area contributed by atoms with Gasteiger partial charge in [-0.3, -0.25) is 4.79 Å². The van der Waals surface area contributed by atoms with E-state index in [0.29, 0.717) is 34.4 Å². The molecule has 7 heteroatoms. The molecule has 0 radical (unpaired) electrons. The molecular weight excluding hydrogens is 448 g/mol. The minimum absolute atomic E-state index is 0.261. The van der Waals surface area contributed by atoms with Gasteiger partial charge in [0.05, 0.1) is 0 Å². The number of aromatic nitrogens is 2. The molecule has 1 spiro atoms. The Balaban J connectivity index is 1.34. The van der Waals surface area contributed by atoms with Crippen LogP contribution in [0, 0.1) is 12.3 Å². The molecule has 1 aliphatic heterocycles. The van der Waals surface area contributed by atoms with E-state index in [1.165, 1.54) is 25.7 Å². The Hall–Kier alpha value is -3.12. The highest BCUT2D eigenvalue weighted by Crippen LogP contribution is 2.53. The third-order valence-electron chi connectivity index (χ3n) is 6.96. The number of carbonyl (C=O) groups excluding carboxylic acids is 1. The Morgan fingerprint density at radius 3 is 2.56 bits per heavy atom. The second kappa shape index (κ2) is 9.63. The summed E-state index contributed by atoms with van der Waals surface area (Å²) in [5.41, 5.74) is 3.84. The van der Waals surface area contributed by atoms with E-state index >= 15 is 0 Å². The predicted molar refractivity (Wildman–Crippen MR) is 133 cm³/mol. The fourth-order valence-corrected chi connectivity index (χ4v) is 4.59. The number of benzene rings is 2. The van der Waals surface area contributed by atoms with Crippen LogP contribution in [0.4, 0.5) is 5.95 Å². The first-order chi connectivity index (χ1) is 16.5. The van der Waals surface area contributed by atoms with Crippen molar-refractivity contribution in [1.29, 1.82) is 0 Å². The number of piperidine rings is 1. The number of anilines is 1. The number of nitrogens with zero attached hydrogens (tertiary/aromatic N) is 3. The third kappa shape index (κ3) is 5.17. The molecule has 176 valence electrons. The number of aryl methyl sites for hydroxylation is 1. The summed E-state index contributed by atoms with van der Waals surface area (Å²) in [6, 6.07) is 15.6. The molecule has 1 amide bonds. The number of amides is 1. The molecule has 2 aromatic carbocycles. The minimum Gasteiger partial charge on any atom is -0.472 e. The summed E-state index contributed by atoms with van der Waals surface area (Å²) in [6.45, 7) is 4.52. The van der Waals surface area contributed by atoms with Crippen molar-refractivity contribution in [2.24, 2.45) is 5.41 Å². The summed E-state index contributed by atoms with van der Waals surface area (Å²) in [5.74, 6) is 0.647. The maximum absolute atomic E-state index is 13.0. The normalized spacial score (nSPS) is 16.4. The summed E-state index contributed by atoms with van der Waals surface area (Å²) in [6.07, 6.45) is 6.62. The zero-order valence-electron chi connectivity index (χ0n) is 19.4. The monoisotopic (exact) mass is 476 g/mol. The van der Waals surface area contributed by atoms with E-state index in [4.69, 9.17) is 21.3 Å². The maximum atomic E-state index is 13.0. The molecule has 1 aromatic heterocycles. The molecule has 0 unspecified atom stereocenters. The van der Waals surface area contributed by atoms with Crippen molar-refractivity contribution in [2.75, 3.05) is 18.0 Å². The summed E-state index contributed by atoms with van der Waals surface area (Å²) in [7, 11) is 0. The van der Waals surface area contributed by atoms with Crippen molar-refractivity contribution in [2.45, 2.75) is 45.8 Å². The van der Waals surface area contributed by atoms with E-state index in [-0.39, 0.29) is 12.5 Å². The Kier molecular flexibility index (Phi) is 6.42. The highest BCUT2D eigenvalue weighted by Gasteiger charge is 2.44. The summed E-state index contributed by atoms with van der Waals surface area (Å²) in [5, 5.41) is 3.64. The third-order valence-corrected chi connectivity index (χ3v) is 7.36. The van der Waals surface area contributed by atoms with Gasteiger partial charge in [-0.2, -0.15) is 4.98 Å². The molecule has 2 fully saturated rings. The molecule has 0 bridgehead atoms. The van der Waals surface area contributed by atoms with Crippen molar-refractivity contribution >= 4 is 23.5 Å². The van der Waals surface area contributed by atoms with Crippen LogP contribution in [-0.4, -0.2) is 29.0 Å². The molecule has 1 N–H and O–H groups in total. The summed E-state index contributed by atoms with van der Waals surface area (Å²) >= 11 is 6.28. The molecular formula is C27H29ClN4O2. The summed E-state index contributed by atoms with van der Waals surface area (Å²) < 4.78 is 6.08. The van der Waals surface area contributed by atoms with E-state index in [9.17, 15) is 4.79 Å². The van der Waals surface area contributed by atoms with Gasteiger partial charge in [0, 0.05) is 30.9 Å². The predicted octanol–water partition coefficient (Wildman–Crippen LogP) is 5.33. The first kappa shape index (κ1) is 22.7. The van der Waals surface area contributed by atoms with Crippen LogP contribution in [0.1, 0.15) is 52.7 Å². The van der Waals surface area contributed by atoms with Crippen LogP contribution in [-0.2, 0) is 13.2 Å². The van der Waals surface area contributed by atoms with Gasteiger partial charge >= 0.3 is 0 Å². The molecule has 2 heterocycles. The van der Waals surface area contributed by atoms with Crippen LogP contribution in [0.2, 0.25) is 5.02 Å². The molecule has 2 aliphatic rings. The van der Waals surface area contributed by atoms with Crippen molar-refractivity contribution in [3.05, 3.63) is 82.0 Å². The number of hydrogen-bond acceptors (Lipinski definition) is 5. The molecule has 6 nitrogen and oxygen atoms in total. The fraction of sp³-hybridized carbons (Fsp3) is 0.370. The van der Waals surface area contributed by atoms with Gasteiger partial charge in [-0.15, -0.1) is 0 Å². The molecule has 1 saturated carbocycles. The Morgan fingerprint density at radius 2 is 1.85 bits per heavy atom. The molecule has 0 atom stereocenters. The van der Waals surface area contributed by atoms with Crippen LogP contribution >= 0.6 is 11.6 Å². The van der Waals surface area contributed by atoms with Crippen molar-refractivity contribution in [3.8, 4) is 5.88 Å². The number of ether oxygens (including phenoxy) is 1. The minimum atomic E-state index is -0.261. The van der Waals surface area contributed by atoms with Crippen LogP contribution < -0.4 is 15.0 Å². The van der Waals surface area contributed by atoms with E-state index in [1.54, 1.807) is 6.20 Å². The van der Waals surface area contributed by atoms with Crippen LogP contribution in [0.15, 0.2) is 54.7 Å². The Morgan fingerprint density at radius 1 is 1.09 bits per heavy atom. The maximum Gasteiger partial charge on any atom is 0.258 e. The van der Waals surface area contributed by atoms with Gasteiger partial charge in [0.25, 0.3) is 5.91 Å². The van der Waals surface area contributed by atoms with Crippen LogP contribution in [0.5, 0.6) is 5.88 Å². The van der Waals surface area contributed by atoms with Gasteiger partial charge in [0.1, 0.15) is 12.2 Å². The quantitative estimate of drug-likeness (QED) is 0.499. The lowest BCUT2D eigenvalue weighted by atomic mass is 9.94. The van der Waals surface area contributed by atoms with E-state index in [1.807, 2.05) is 55.5 Å². The topological polar surface area (TPSA) is 67.3 Å². The lowest BCUT2D eigenvalue weighted by molar-refractivity contribution is 0.0945. The molecule has 34 heavy (non-hydrogen) atoms. The van der Waals surface area contributed by atoms with Gasteiger partial charge in [-0.25, -0.2) is 4.98 Å². The SMILES string of the molecule is Cc1ccc(COc2nc(N3CCC4(CC3)CC4)ncc2C(=O)NCc2ccccc2)cc1Cl. The average molecular weight is 477 g/mol. The average Bonchev–Trinajstić information content (AvgIpc) is 3.63. The first-order valence-electron chi connectivity index (χ1n) is 11.8. The smallest absolute Gasteiger partial charge is 0.258 e. The highest BCUT2D eigenvalue weighted by molar-refractivity contribution is 6.31.